The van der Waals surface area contributed by atoms with E-state index in [1.54, 1.807) is 0 Å². The maximum atomic E-state index is 12.0. The smallest absolute Gasteiger partial charge is 0.253 e. The Hall–Kier alpha value is -0.100. The summed E-state index contributed by atoms with van der Waals surface area (Å²) in [5.74, 6) is 0.122. The molecule has 0 spiro atoms. The first-order valence-corrected chi connectivity index (χ1v) is 6.68. The van der Waals surface area contributed by atoms with E-state index in [2.05, 4.69) is 38.5 Å². The van der Waals surface area contributed by atoms with E-state index >= 15 is 0 Å². The molecule has 1 aliphatic rings. The van der Waals surface area contributed by atoms with Crippen molar-refractivity contribution in [2.45, 2.75) is 18.9 Å². The summed E-state index contributed by atoms with van der Waals surface area (Å²) in [6.45, 7) is 0. The van der Waals surface area contributed by atoms with Crippen LogP contribution in [-0.2, 0) is 0 Å². The van der Waals surface area contributed by atoms with Gasteiger partial charge in [-0.2, -0.15) is 0 Å². The lowest BCUT2D eigenvalue weighted by Gasteiger charge is -2.16. The molecule has 80 valence electrons. The number of nitrogens with zero attached hydrogens (tertiary/aromatic N) is 1. The molecule has 1 aromatic rings. The van der Waals surface area contributed by atoms with E-state index < -0.39 is 0 Å². The topological polar surface area (TPSA) is 20.3 Å². The Morgan fingerprint density at radius 2 is 2.13 bits per heavy atom. The first kappa shape index (κ1) is 11.4. The SMILES string of the molecule is CN(C(=O)c1cc(Br)cc(I)c1)C1CC1. The van der Waals surface area contributed by atoms with Crippen LogP contribution in [0.5, 0.6) is 0 Å². The third-order valence-corrected chi connectivity index (χ3v) is 3.61. The van der Waals surface area contributed by atoms with E-state index in [0.29, 0.717) is 6.04 Å². The van der Waals surface area contributed by atoms with E-state index in [9.17, 15) is 4.79 Å². The fourth-order valence-electron chi connectivity index (χ4n) is 1.51. The summed E-state index contributed by atoms with van der Waals surface area (Å²) in [5, 5.41) is 0. The molecule has 2 rings (SSSR count). The van der Waals surface area contributed by atoms with Crippen molar-refractivity contribution in [3.8, 4) is 0 Å². The van der Waals surface area contributed by atoms with Crippen LogP contribution in [0.2, 0.25) is 0 Å². The normalized spacial score (nSPS) is 15.1. The first-order chi connectivity index (χ1) is 7.08. The third kappa shape index (κ3) is 2.72. The maximum Gasteiger partial charge on any atom is 0.253 e. The Kier molecular flexibility index (Phi) is 3.35. The van der Waals surface area contributed by atoms with Crippen LogP contribution in [0.4, 0.5) is 0 Å². The Balaban J connectivity index is 2.24. The highest BCUT2D eigenvalue weighted by molar-refractivity contribution is 14.1. The molecule has 0 N–H and O–H groups in total. The van der Waals surface area contributed by atoms with Crippen LogP contribution >= 0.6 is 38.5 Å². The zero-order valence-electron chi connectivity index (χ0n) is 8.34. The molecule has 0 atom stereocenters. The summed E-state index contributed by atoms with van der Waals surface area (Å²) in [6, 6.07) is 6.26. The highest BCUT2D eigenvalue weighted by Gasteiger charge is 2.30. The summed E-state index contributed by atoms with van der Waals surface area (Å²) in [5.41, 5.74) is 0.767. The lowest BCUT2D eigenvalue weighted by molar-refractivity contribution is 0.0785. The molecule has 0 saturated heterocycles. The van der Waals surface area contributed by atoms with E-state index in [4.69, 9.17) is 0 Å². The average molecular weight is 380 g/mol. The van der Waals surface area contributed by atoms with Crippen LogP contribution in [0, 0.1) is 3.57 Å². The van der Waals surface area contributed by atoms with Gasteiger partial charge in [0.05, 0.1) is 0 Å². The summed E-state index contributed by atoms with van der Waals surface area (Å²) in [6.07, 6.45) is 2.29. The minimum absolute atomic E-state index is 0.122. The second-order valence-electron chi connectivity index (χ2n) is 3.81. The molecule has 0 bridgehead atoms. The molecule has 2 nitrogen and oxygen atoms in total. The van der Waals surface area contributed by atoms with Gasteiger partial charge in [-0.1, -0.05) is 15.9 Å². The number of hydrogen-bond donors (Lipinski definition) is 0. The van der Waals surface area contributed by atoms with E-state index in [-0.39, 0.29) is 5.91 Å². The van der Waals surface area contributed by atoms with Gasteiger partial charge in [0, 0.05) is 26.7 Å². The van der Waals surface area contributed by atoms with Gasteiger partial charge < -0.3 is 4.90 Å². The van der Waals surface area contributed by atoms with Crippen LogP contribution in [-0.4, -0.2) is 23.9 Å². The van der Waals surface area contributed by atoms with Crippen LogP contribution < -0.4 is 0 Å². The maximum absolute atomic E-state index is 12.0. The van der Waals surface area contributed by atoms with Gasteiger partial charge in [0.2, 0.25) is 0 Å². The molecule has 1 saturated carbocycles. The second kappa shape index (κ2) is 4.41. The zero-order valence-corrected chi connectivity index (χ0v) is 12.1. The van der Waals surface area contributed by atoms with Gasteiger partial charge in [-0.25, -0.2) is 0 Å². The van der Waals surface area contributed by atoms with Crippen LogP contribution in [0.25, 0.3) is 0 Å². The molecule has 0 heterocycles. The van der Waals surface area contributed by atoms with Crippen molar-refractivity contribution in [3.05, 3.63) is 31.8 Å². The number of halogens is 2. The molecule has 15 heavy (non-hydrogen) atoms. The van der Waals surface area contributed by atoms with Gasteiger partial charge in [-0.15, -0.1) is 0 Å². The molecule has 0 radical (unpaired) electrons. The predicted octanol–water partition coefficient (Wildman–Crippen LogP) is 3.29. The van der Waals surface area contributed by atoms with E-state index in [0.717, 1.165) is 26.4 Å². The molecular weight excluding hydrogens is 369 g/mol. The summed E-state index contributed by atoms with van der Waals surface area (Å²) >= 11 is 5.63. The Morgan fingerprint density at radius 1 is 1.47 bits per heavy atom. The standard InChI is InChI=1S/C11H11BrINO/c1-14(10-2-3-10)11(15)7-4-8(12)6-9(13)5-7/h4-6,10H,2-3H2,1H3. The Morgan fingerprint density at radius 3 is 2.67 bits per heavy atom. The zero-order chi connectivity index (χ0) is 11.0. The molecule has 0 aromatic heterocycles. The predicted molar refractivity (Wildman–Crippen MR) is 72.0 cm³/mol. The molecule has 0 unspecified atom stereocenters. The van der Waals surface area contributed by atoms with Crippen molar-refractivity contribution >= 4 is 44.4 Å². The Bertz CT molecular complexity index is 383. The van der Waals surface area contributed by atoms with Crippen molar-refractivity contribution in [2.75, 3.05) is 7.05 Å². The lowest BCUT2D eigenvalue weighted by atomic mass is 10.2. The van der Waals surface area contributed by atoms with Crippen LogP contribution in [0.15, 0.2) is 22.7 Å². The van der Waals surface area contributed by atoms with Gasteiger partial charge in [0.1, 0.15) is 0 Å². The van der Waals surface area contributed by atoms with Crippen molar-refractivity contribution in [1.29, 1.82) is 0 Å². The minimum Gasteiger partial charge on any atom is -0.339 e. The quantitative estimate of drug-likeness (QED) is 0.722. The fraction of sp³-hybridized carbons (Fsp3) is 0.364. The van der Waals surface area contributed by atoms with Gasteiger partial charge in [0.25, 0.3) is 5.91 Å². The van der Waals surface area contributed by atoms with Crippen LogP contribution in [0.1, 0.15) is 23.2 Å². The number of benzene rings is 1. The minimum atomic E-state index is 0.122. The first-order valence-electron chi connectivity index (χ1n) is 4.81. The number of rotatable bonds is 2. The molecule has 1 amide bonds. The lowest BCUT2D eigenvalue weighted by Crippen LogP contribution is -2.28. The monoisotopic (exact) mass is 379 g/mol. The molecule has 1 fully saturated rings. The highest BCUT2D eigenvalue weighted by atomic mass is 127. The Labute approximate surface area is 111 Å². The van der Waals surface area contributed by atoms with Gasteiger partial charge >= 0.3 is 0 Å². The van der Waals surface area contributed by atoms with Gasteiger partial charge in [-0.05, 0) is 53.6 Å². The van der Waals surface area contributed by atoms with Gasteiger partial charge in [-0.3, -0.25) is 4.79 Å². The molecule has 4 heteroatoms. The summed E-state index contributed by atoms with van der Waals surface area (Å²) in [4.78, 5) is 13.9. The number of carbonyl (C=O) groups is 1. The van der Waals surface area contributed by atoms with Crippen molar-refractivity contribution in [1.82, 2.24) is 4.90 Å². The third-order valence-electron chi connectivity index (χ3n) is 2.52. The second-order valence-corrected chi connectivity index (χ2v) is 5.97. The fourth-order valence-corrected chi connectivity index (χ4v) is 3.10. The van der Waals surface area contributed by atoms with Crippen molar-refractivity contribution < 1.29 is 4.79 Å². The number of amides is 1. The summed E-state index contributed by atoms with van der Waals surface area (Å²) < 4.78 is 2.04. The number of carbonyl (C=O) groups excluding carboxylic acids is 1. The van der Waals surface area contributed by atoms with Crippen LogP contribution in [0.3, 0.4) is 0 Å². The van der Waals surface area contributed by atoms with Crippen molar-refractivity contribution in [2.24, 2.45) is 0 Å². The molecule has 1 aromatic carbocycles. The van der Waals surface area contributed by atoms with Crippen molar-refractivity contribution in [3.63, 3.8) is 0 Å². The summed E-state index contributed by atoms with van der Waals surface area (Å²) in [7, 11) is 1.88. The molecular formula is C11H11BrINO. The average Bonchev–Trinajstić information content (AvgIpc) is 2.97. The van der Waals surface area contributed by atoms with E-state index in [1.165, 1.54) is 0 Å². The number of hydrogen-bond acceptors (Lipinski definition) is 1. The van der Waals surface area contributed by atoms with Gasteiger partial charge in [0.15, 0.2) is 0 Å². The molecule has 0 aliphatic heterocycles. The largest absolute Gasteiger partial charge is 0.339 e. The highest BCUT2D eigenvalue weighted by Crippen LogP contribution is 2.27. The molecule has 1 aliphatic carbocycles. The van der Waals surface area contributed by atoms with E-state index in [1.807, 2.05) is 30.1 Å².